The van der Waals surface area contributed by atoms with Crippen molar-refractivity contribution in [2.75, 3.05) is 7.11 Å². The van der Waals surface area contributed by atoms with Crippen LogP contribution in [0.25, 0.3) is 0 Å². The van der Waals surface area contributed by atoms with Gasteiger partial charge in [-0.25, -0.2) is 4.79 Å². The number of hydrazone groups is 1. The van der Waals surface area contributed by atoms with Crippen LogP contribution in [-0.4, -0.2) is 24.4 Å². The van der Waals surface area contributed by atoms with Crippen molar-refractivity contribution in [3.8, 4) is 11.5 Å². The summed E-state index contributed by atoms with van der Waals surface area (Å²) in [6.45, 7) is 0.603. The van der Waals surface area contributed by atoms with Gasteiger partial charge in [0.2, 0.25) is 5.76 Å². The fourth-order valence-corrected chi connectivity index (χ4v) is 2.50. The van der Waals surface area contributed by atoms with Gasteiger partial charge in [-0.1, -0.05) is 30.3 Å². The van der Waals surface area contributed by atoms with Crippen LogP contribution in [-0.2, 0) is 6.54 Å². The van der Waals surface area contributed by atoms with Crippen LogP contribution < -0.4 is 20.2 Å². The number of rotatable bonds is 7. The first kappa shape index (κ1) is 20.1. The molecule has 8 heteroatoms. The lowest BCUT2D eigenvalue weighted by atomic mass is 10.2. The van der Waals surface area contributed by atoms with Crippen LogP contribution in [0.4, 0.5) is 0 Å². The smallest absolute Gasteiger partial charge is 0.379 e. The predicted octanol–water partition coefficient (Wildman–Crippen LogP) is 3.51. The van der Waals surface area contributed by atoms with E-state index in [1.165, 1.54) is 19.4 Å². The summed E-state index contributed by atoms with van der Waals surface area (Å²) in [6, 6.07) is 18.1. The first-order valence-electron chi connectivity index (χ1n) is 8.70. The lowest BCUT2D eigenvalue weighted by molar-refractivity contribution is 0.0696. The molecule has 1 heterocycles. The van der Waals surface area contributed by atoms with Crippen molar-refractivity contribution in [1.29, 1.82) is 0 Å². The van der Waals surface area contributed by atoms with Gasteiger partial charge in [0, 0.05) is 6.54 Å². The molecule has 0 aliphatic rings. The Bertz CT molecular complexity index is 988. The van der Waals surface area contributed by atoms with Gasteiger partial charge in [-0.05, 0) is 53.7 Å². The average molecular weight is 409 g/mol. The molecule has 0 unspecified atom stereocenters. The van der Waals surface area contributed by atoms with Crippen molar-refractivity contribution in [3.63, 3.8) is 0 Å². The SMILES string of the molecule is COc1cc(C=NNC(=S)NCc2ccccc2)ccc1OC(=O)c1ccco1. The van der Waals surface area contributed by atoms with E-state index in [2.05, 4.69) is 15.8 Å². The average Bonchev–Trinajstić information content (AvgIpc) is 3.29. The van der Waals surface area contributed by atoms with E-state index < -0.39 is 5.97 Å². The van der Waals surface area contributed by atoms with Gasteiger partial charge in [-0.15, -0.1) is 0 Å². The highest BCUT2D eigenvalue weighted by Crippen LogP contribution is 2.28. The Labute approximate surface area is 173 Å². The molecule has 29 heavy (non-hydrogen) atoms. The summed E-state index contributed by atoms with van der Waals surface area (Å²) >= 11 is 5.20. The van der Waals surface area contributed by atoms with Crippen LogP contribution in [0.1, 0.15) is 21.7 Å². The van der Waals surface area contributed by atoms with E-state index in [9.17, 15) is 4.79 Å². The maximum atomic E-state index is 12.0. The van der Waals surface area contributed by atoms with Gasteiger partial charge in [0.25, 0.3) is 0 Å². The lowest BCUT2D eigenvalue weighted by Gasteiger charge is -2.09. The zero-order valence-electron chi connectivity index (χ0n) is 15.6. The van der Waals surface area contributed by atoms with E-state index in [0.717, 1.165) is 11.1 Å². The molecule has 0 aliphatic heterocycles. The molecule has 0 saturated carbocycles. The van der Waals surface area contributed by atoms with Crippen molar-refractivity contribution < 1.29 is 18.7 Å². The number of thiocarbonyl (C=S) groups is 1. The van der Waals surface area contributed by atoms with Crippen molar-refractivity contribution in [1.82, 2.24) is 10.7 Å². The fourth-order valence-electron chi connectivity index (χ4n) is 2.38. The number of nitrogens with zero attached hydrogens (tertiary/aromatic N) is 1. The molecule has 0 bridgehead atoms. The second-order valence-corrected chi connectivity index (χ2v) is 6.22. The molecular formula is C21H19N3O4S. The Hall–Kier alpha value is -3.65. The largest absolute Gasteiger partial charge is 0.493 e. The standard InChI is InChI=1S/C21H19N3O4S/c1-26-19-12-16(9-10-17(19)28-20(25)18-8-5-11-27-18)14-23-24-21(29)22-13-15-6-3-2-4-7-15/h2-12,14H,13H2,1H3,(H2,22,24,29). The number of hydrogen-bond acceptors (Lipinski definition) is 6. The van der Waals surface area contributed by atoms with Crippen molar-refractivity contribution in [3.05, 3.63) is 83.8 Å². The Morgan fingerprint density at radius 2 is 1.97 bits per heavy atom. The molecular weight excluding hydrogens is 390 g/mol. The molecule has 0 fully saturated rings. The topological polar surface area (TPSA) is 85.1 Å². The van der Waals surface area contributed by atoms with Gasteiger partial charge < -0.3 is 19.2 Å². The molecule has 0 aliphatic carbocycles. The van der Waals surface area contributed by atoms with E-state index in [1.807, 2.05) is 30.3 Å². The zero-order valence-corrected chi connectivity index (χ0v) is 16.4. The normalized spacial score (nSPS) is 10.5. The van der Waals surface area contributed by atoms with E-state index in [-0.39, 0.29) is 11.5 Å². The number of nitrogens with one attached hydrogen (secondary N) is 2. The van der Waals surface area contributed by atoms with Crippen molar-refractivity contribution in [2.45, 2.75) is 6.54 Å². The monoisotopic (exact) mass is 409 g/mol. The number of furan rings is 1. The van der Waals surface area contributed by atoms with Gasteiger partial charge in [-0.2, -0.15) is 5.10 Å². The van der Waals surface area contributed by atoms with Gasteiger partial charge in [0.1, 0.15) is 0 Å². The minimum atomic E-state index is -0.605. The Kier molecular flexibility index (Phi) is 6.96. The molecule has 0 atom stereocenters. The first-order chi connectivity index (χ1) is 14.2. The van der Waals surface area contributed by atoms with Crippen LogP contribution in [0.15, 0.2) is 76.4 Å². The number of ether oxygens (including phenoxy) is 2. The molecule has 3 aromatic rings. The number of methoxy groups -OCH3 is 1. The first-order valence-corrected chi connectivity index (χ1v) is 9.11. The number of esters is 1. The highest BCUT2D eigenvalue weighted by Gasteiger charge is 2.14. The van der Waals surface area contributed by atoms with E-state index in [1.54, 1.807) is 30.5 Å². The summed E-state index contributed by atoms with van der Waals surface area (Å²) in [7, 11) is 1.49. The van der Waals surface area contributed by atoms with Crippen LogP contribution in [0.3, 0.4) is 0 Å². The predicted molar refractivity (Wildman–Crippen MR) is 113 cm³/mol. The second kappa shape index (κ2) is 10.0. The van der Waals surface area contributed by atoms with Crippen LogP contribution >= 0.6 is 12.2 Å². The Morgan fingerprint density at radius 1 is 1.14 bits per heavy atom. The van der Waals surface area contributed by atoms with Crippen molar-refractivity contribution >= 4 is 29.5 Å². The van der Waals surface area contributed by atoms with Gasteiger partial charge >= 0.3 is 5.97 Å². The third-order valence-electron chi connectivity index (χ3n) is 3.79. The highest BCUT2D eigenvalue weighted by atomic mass is 32.1. The summed E-state index contributed by atoms with van der Waals surface area (Å²) in [5, 5.41) is 7.57. The van der Waals surface area contributed by atoms with Crippen LogP contribution in [0.2, 0.25) is 0 Å². The molecule has 0 amide bonds. The Morgan fingerprint density at radius 3 is 2.69 bits per heavy atom. The summed E-state index contributed by atoms with van der Waals surface area (Å²) in [4.78, 5) is 12.0. The molecule has 1 aromatic heterocycles. The zero-order chi connectivity index (χ0) is 20.5. The fraction of sp³-hybridized carbons (Fsp3) is 0.0952. The van der Waals surface area contributed by atoms with E-state index in [0.29, 0.717) is 17.4 Å². The third-order valence-corrected chi connectivity index (χ3v) is 4.02. The Balaban J connectivity index is 1.55. The van der Waals surface area contributed by atoms with Crippen LogP contribution in [0, 0.1) is 0 Å². The lowest BCUT2D eigenvalue weighted by Crippen LogP contribution is -2.31. The van der Waals surface area contributed by atoms with Crippen molar-refractivity contribution in [2.24, 2.45) is 5.10 Å². The number of hydrogen-bond donors (Lipinski definition) is 2. The number of benzene rings is 2. The number of carbonyl (C=O) groups is 1. The summed E-state index contributed by atoms with van der Waals surface area (Å²) in [6.07, 6.45) is 2.98. The molecule has 2 N–H and O–H groups in total. The highest BCUT2D eigenvalue weighted by molar-refractivity contribution is 7.80. The third kappa shape index (κ3) is 5.91. The van der Waals surface area contributed by atoms with E-state index in [4.69, 9.17) is 26.1 Å². The molecule has 7 nitrogen and oxygen atoms in total. The van der Waals surface area contributed by atoms with Gasteiger partial charge in [0.15, 0.2) is 16.6 Å². The summed E-state index contributed by atoms with van der Waals surface area (Å²) in [5.41, 5.74) is 4.61. The quantitative estimate of drug-likeness (QED) is 0.203. The minimum absolute atomic E-state index is 0.110. The van der Waals surface area contributed by atoms with Crippen LogP contribution in [0.5, 0.6) is 11.5 Å². The maximum Gasteiger partial charge on any atom is 0.379 e. The second-order valence-electron chi connectivity index (χ2n) is 5.82. The molecule has 0 saturated heterocycles. The maximum absolute atomic E-state index is 12.0. The summed E-state index contributed by atoms with van der Waals surface area (Å²) < 4.78 is 15.6. The molecule has 0 radical (unpaired) electrons. The molecule has 2 aromatic carbocycles. The van der Waals surface area contributed by atoms with Gasteiger partial charge in [-0.3, -0.25) is 5.43 Å². The molecule has 0 spiro atoms. The van der Waals surface area contributed by atoms with Gasteiger partial charge in [0.05, 0.1) is 19.6 Å². The number of carbonyl (C=O) groups excluding carboxylic acids is 1. The van der Waals surface area contributed by atoms with E-state index >= 15 is 0 Å². The minimum Gasteiger partial charge on any atom is -0.493 e. The molecule has 148 valence electrons. The molecule has 3 rings (SSSR count). The summed E-state index contributed by atoms with van der Waals surface area (Å²) in [5.74, 6) is 0.169.